The summed E-state index contributed by atoms with van der Waals surface area (Å²) in [6, 6.07) is 12.9. The summed E-state index contributed by atoms with van der Waals surface area (Å²) in [5, 5.41) is 1.14. The summed E-state index contributed by atoms with van der Waals surface area (Å²) in [6.45, 7) is 6.42. The minimum absolute atomic E-state index is 0.980. The average Bonchev–Trinajstić information content (AvgIpc) is 3.21. The molecule has 5 aromatic rings. The number of aromatic nitrogens is 4. The fourth-order valence-corrected chi connectivity index (χ4v) is 3.97. The highest BCUT2D eigenvalue weighted by atomic mass is 15.1. The van der Waals surface area contributed by atoms with Crippen molar-refractivity contribution in [1.82, 2.24) is 18.8 Å². The van der Waals surface area contributed by atoms with E-state index in [9.17, 15) is 0 Å². The van der Waals surface area contributed by atoms with E-state index < -0.39 is 0 Å². The molecule has 0 saturated carbocycles. The summed E-state index contributed by atoms with van der Waals surface area (Å²) in [6.07, 6.45) is 5.73. The second kappa shape index (κ2) is 4.93. The van der Waals surface area contributed by atoms with E-state index in [1.54, 1.807) is 0 Å². The molecule has 3 aromatic heterocycles. The maximum Gasteiger partial charge on any atom is 0.148 e. The van der Waals surface area contributed by atoms with Gasteiger partial charge in [-0.3, -0.25) is 8.80 Å². The van der Waals surface area contributed by atoms with Gasteiger partial charge in [0, 0.05) is 22.8 Å². The summed E-state index contributed by atoms with van der Waals surface area (Å²) >= 11 is 0. The molecule has 0 fully saturated rings. The Hall–Kier alpha value is -3.14. The Labute approximate surface area is 145 Å². The molecule has 0 bridgehead atoms. The fourth-order valence-electron chi connectivity index (χ4n) is 3.97. The van der Waals surface area contributed by atoms with Crippen LogP contribution in [0, 0.1) is 20.8 Å². The van der Waals surface area contributed by atoms with E-state index in [0.717, 1.165) is 27.9 Å². The monoisotopic (exact) mass is 326 g/mol. The molecule has 122 valence electrons. The molecule has 0 atom stereocenters. The molecule has 0 saturated heterocycles. The molecule has 0 spiro atoms. The van der Waals surface area contributed by atoms with Crippen LogP contribution in [-0.2, 0) is 0 Å². The van der Waals surface area contributed by atoms with E-state index in [-0.39, 0.29) is 0 Å². The molecule has 0 unspecified atom stereocenters. The zero-order valence-corrected chi connectivity index (χ0v) is 14.5. The number of nitrogens with zero attached hydrogens (tertiary/aromatic N) is 4. The average molecular weight is 326 g/mol. The molecule has 0 aliphatic heterocycles. The second-order valence-corrected chi connectivity index (χ2v) is 6.65. The molecule has 0 radical (unpaired) electrons. The van der Waals surface area contributed by atoms with Gasteiger partial charge >= 0.3 is 0 Å². The van der Waals surface area contributed by atoms with Crippen LogP contribution in [0.2, 0.25) is 0 Å². The summed E-state index contributed by atoms with van der Waals surface area (Å²) in [7, 11) is 0. The highest BCUT2D eigenvalue weighted by Gasteiger charge is 2.16. The molecule has 4 heteroatoms. The third-order valence-electron chi connectivity index (χ3n) is 5.05. The van der Waals surface area contributed by atoms with Gasteiger partial charge in [0.1, 0.15) is 17.6 Å². The number of rotatable bonds is 1. The number of hydrogen-bond acceptors (Lipinski definition) is 2. The van der Waals surface area contributed by atoms with Crippen LogP contribution in [0.4, 0.5) is 0 Å². The summed E-state index contributed by atoms with van der Waals surface area (Å²) in [5.41, 5.74) is 9.35. The number of aryl methyl sites for hydroxylation is 3. The predicted molar refractivity (Wildman–Crippen MR) is 101 cm³/mol. The third kappa shape index (κ3) is 1.82. The lowest BCUT2D eigenvalue weighted by Crippen LogP contribution is -2.00. The zero-order chi connectivity index (χ0) is 17.1. The van der Waals surface area contributed by atoms with Crippen LogP contribution in [0.15, 0.2) is 55.1 Å². The topological polar surface area (TPSA) is 34.6 Å². The minimum atomic E-state index is 0.980. The van der Waals surface area contributed by atoms with Gasteiger partial charge in [-0.1, -0.05) is 30.3 Å². The van der Waals surface area contributed by atoms with Crippen molar-refractivity contribution in [3.63, 3.8) is 0 Å². The first-order valence-electron chi connectivity index (χ1n) is 8.44. The maximum absolute atomic E-state index is 4.68. The van der Waals surface area contributed by atoms with E-state index in [1.807, 2.05) is 18.7 Å². The molecule has 0 amide bonds. The smallest absolute Gasteiger partial charge is 0.148 e. The van der Waals surface area contributed by atoms with Crippen molar-refractivity contribution in [1.29, 1.82) is 0 Å². The molecule has 0 N–H and O–H groups in total. The van der Waals surface area contributed by atoms with Crippen LogP contribution in [0.1, 0.15) is 16.8 Å². The number of benzene rings is 2. The quantitative estimate of drug-likeness (QED) is 0.446. The Morgan fingerprint density at radius 2 is 1.64 bits per heavy atom. The molecule has 0 aliphatic carbocycles. The zero-order valence-electron chi connectivity index (χ0n) is 14.5. The van der Waals surface area contributed by atoms with E-state index in [4.69, 9.17) is 0 Å². The van der Waals surface area contributed by atoms with Crippen LogP contribution in [0.3, 0.4) is 0 Å². The molecule has 25 heavy (non-hydrogen) atoms. The normalized spacial score (nSPS) is 11.8. The van der Waals surface area contributed by atoms with E-state index in [2.05, 4.69) is 75.9 Å². The van der Waals surface area contributed by atoms with Crippen molar-refractivity contribution in [3.8, 4) is 11.1 Å². The van der Waals surface area contributed by atoms with Crippen molar-refractivity contribution in [2.24, 2.45) is 0 Å². The van der Waals surface area contributed by atoms with Crippen LogP contribution in [0.5, 0.6) is 0 Å². The lowest BCUT2D eigenvalue weighted by Gasteiger charge is -2.15. The molecule has 5 rings (SSSR count). The second-order valence-electron chi connectivity index (χ2n) is 6.65. The lowest BCUT2D eigenvalue weighted by atomic mass is 9.94. The van der Waals surface area contributed by atoms with E-state index >= 15 is 0 Å². The first kappa shape index (κ1) is 14.2. The maximum atomic E-state index is 4.68. The molecular formula is C21H18N4. The summed E-state index contributed by atoms with van der Waals surface area (Å²) < 4.78 is 4.35. The lowest BCUT2D eigenvalue weighted by molar-refractivity contribution is 1.09. The van der Waals surface area contributed by atoms with Crippen LogP contribution in [-0.4, -0.2) is 18.8 Å². The van der Waals surface area contributed by atoms with Gasteiger partial charge in [0.15, 0.2) is 0 Å². The van der Waals surface area contributed by atoms with Gasteiger partial charge in [0.05, 0.1) is 11.7 Å². The highest BCUT2D eigenvalue weighted by molar-refractivity contribution is 6.03. The summed E-state index contributed by atoms with van der Waals surface area (Å²) in [5.74, 6) is 0. The molecule has 0 aliphatic rings. The van der Waals surface area contributed by atoms with Crippen molar-refractivity contribution < 1.29 is 0 Å². The standard InChI is InChI=1S/C21H18N4/c1-13-6-4-7-14(2)19(13)16-8-5-9-17-20(16)24-12-22-11-18(24)25-15(3)10-23-21(17)25/h4-12H,1-3H3. The Morgan fingerprint density at radius 1 is 0.880 bits per heavy atom. The van der Waals surface area contributed by atoms with Crippen LogP contribution < -0.4 is 0 Å². The largest absolute Gasteiger partial charge is 0.284 e. The Morgan fingerprint density at radius 3 is 2.44 bits per heavy atom. The predicted octanol–water partition coefficient (Wildman–Crippen LogP) is 4.73. The fraction of sp³-hybridized carbons (Fsp3) is 0.143. The Bertz CT molecular complexity index is 1250. The molecule has 4 nitrogen and oxygen atoms in total. The van der Waals surface area contributed by atoms with Gasteiger partial charge < -0.3 is 0 Å². The van der Waals surface area contributed by atoms with Crippen molar-refractivity contribution in [2.45, 2.75) is 20.8 Å². The highest BCUT2D eigenvalue weighted by Crippen LogP contribution is 2.35. The van der Waals surface area contributed by atoms with Gasteiger partial charge in [-0.15, -0.1) is 0 Å². The SMILES string of the molecule is Cc1cccc(C)c1-c1cccc2c1n1cncc1n1c(C)cnc21. The number of hydrogen-bond donors (Lipinski definition) is 0. The first-order valence-corrected chi connectivity index (χ1v) is 8.44. The van der Waals surface area contributed by atoms with Gasteiger partial charge in [0.25, 0.3) is 0 Å². The van der Waals surface area contributed by atoms with Crippen molar-refractivity contribution in [2.75, 3.05) is 0 Å². The van der Waals surface area contributed by atoms with Gasteiger partial charge in [0.2, 0.25) is 0 Å². The van der Waals surface area contributed by atoms with Gasteiger partial charge in [-0.2, -0.15) is 0 Å². The van der Waals surface area contributed by atoms with Gasteiger partial charge in [-0.25, -0.2) is 9.97 Å². The third-order valence-corrected chi connectivity index (χ3v) is 5.05. The van der Waals surface area contributed by atoms with Crippen molar-refractivity contribution >= 4 is 22.2 Å². The number of imidazole rings is 2. The number of fused-ring (bicyclic) bond motifs is 6. The van der Waals surface area contributed by atoms with Gasteiger partial charge in [-0.05, 0) is 43.5 Å². The number of para-hydroxylation sites is 1. The van der Waals surface area contributed by atoms with Crippen LogP contribution in [0.25, 0.3) is 33.3 Å². The Balaban J connectivity index is 2.07. The molecular weight excluding hydrogens is 308 g/mol. The first-order chi connectivity index (χ1) is 12.2. The summed E-state index contributed by atoms with van der Waals surface area (Å²) in [4.78, 5) is 9.09. The van der Waals surface area contributed by atoms with E-state index in [0.29, 0.717) is 0 Å². The molecule has 3 heterocycles. The van der Waals surface area contributed by atoms with E-state index in [1.165, 1.54) is 22.3 Å². The Kier molecular flexibility index (Phi) is 2.80. The van der Waals surface area contributed by atoms with Crippen LogP contribution >= 0.6 is 0 Å². The minimum Gasteiger partial charge on any atom is -0.284 e. The van der Waals surface area contributed by atoms with Crippen molar-refractivity contribution in [3.05, 3.63) is 71.9 Å². The molecule has 2 aromatic carbocycles.